The second-order valence-corrected chi connectivity index (χ2v) is 8.58. The molecule has 3 atom stereocenters. The Labute approximate surface area is 179 Å². The van der Waals surface area contributed by atoms with Crippen molar-refractivity contribution in [2.75, 3.05) is 10.6 Å². The Morgan fingerprint density at radius 3 is 2.13 bits per heavy atom. The second kappa shape index (κ2) is 8.02. The molecule has 0 radical (unpaired) electrons. The van der Waals surface area contributed by atoms with E-state index in [9.17, 15) is 0 Å². The summed E-state index contributed by atoms with van der Waals surface area (Å²) >= 11 is 0. The molecule has 0 spiro atoms. The van der Waals surface area contributed by atoms with Gasteiger partial charge in [-0.3, -0.25) is 0 Å². The third-order valence-corrected chi connectivity index (χ3v) is 6.68. The Morgan fingerprint density at radius 2 is 1.43 bits per heavy atom. The molecule has 4 aromatic rings. The molecule has 2 N–H and O–H groups in total. The molecule has 5 rings (SSSR count). The molecule has 0 fully saturated rings. The van der Waals surface area contributed by atoms with Crippen molar-refractivity contribution < 1.29 is 0 Å². The van der Waals surface area contributed by atoms with Gasteiger partial charge in [0, 0.05) is 23.3 Å². The monoisotopic (exact) mass is 394 g/mol. The van der Waals surface area contributed by atoms with Crippen LogP contribution in [0.5, 0.6) is 0 Å². The summed E-state index contributed by atoms with van der Waals surface area (Å²) in [7, 11) is 0. The molecule has 0 aliphatic carbocycles. The lowest BCUT2D eigenvalue weighted by atomic mass is 9.78. The molecule has 0 amide bonds. The van der Waals surface area contributed by atoms with Gasteiger partial charge >= 0.3 is 0 Å². The molecule has 30 heavy (non-hydrogen) atoms. The minimum atomic E-state index is 0.300. The van der Waals surface area contributed by atoms with Crippen LogP contribution in [0.3, 0.4) is 0 Å². The minimum absolute atomic E-state index is 0.300. The molecule has 0 bridgehead atoms. The van der Waals surface area contributed by atoms with Gasteiger partial charge in [0.2, 0.25) is 0 Å². The zero-order valence-corrected chi connectivity index (χ0v) is 17.9. The minimum Gasteiger partial charge on any atom is -0.382 e. The van der Waals surface area contributed by atoms with Crippen LogP contribution in [0.4, 0.5) is 11.4 Å². The van der Waals surface area contributed by atoms with Gasteiger partial charge in [0.25, 0.3) is 0 Å². The molecule has 2 heteroatoms. The standard InChI is InChI=1S/C28H30N2/c1-3-9-26-24(4-2)28(29-23-15-14-19-10-5-6-11-20(19)16-23)25-17-21-12-7-8-13-22(21)18-27(25)30-26/h5-8,10-18,24,26,28-30H,3-4,9H2,1-2H3/t24-,26-,28-/m1/s1. The van der Waals surface area contributed by atoms with Crippen LogP contribution in [0, 0.1) is 5.92 Å². The number of anilines is 2. The number of rotatable bonds is 5. The third-order valence-electron chi connectivity index (χ3n) is 6.68. The van der Waals surface area contributed by atoms with Crippen molar-refractivity contribution in [3.63, 3.8) is 0 Å². The van der Waals surface area contributed by atoms with Crippen molar-refractivity contribution >= 4 is 32.9 Å². The van der Waals surface area contributed by atoms with Crippen molar-refractivity contribution in [2.24, 2.45) is 5.92 Å². The lowest BCUT2D eigenvalue weighted by Gasteiger charge is -2.41. The molecule has 2 nitrogen and oxygen atoms in total. The summed E-state index contributed by atoms with van der Waals surface area (Å²) in [5.41, 5.74) is 3.88. The summed E-state index contributed by atoms with van der Waals surface area (Å²) in [6.07, 6.45) is 3.54. The Morgan fingerprint density at radius 1 is 0.767 bits per heavy atom. The summed E-state index contributed by atoms with van der Waals surface area (Å²) in [6.45, 7) is 4.62. The molecular formula is C28H30N2. The Bertz CT molecular complexity index is 1180. The predicted molar refractivity (Wildman–Crippen MR) is 130 cm³/mol. The maximum absolute atomic E-state index is 3.94. The van der Waals surface area contributed by atoms with Crippen LogP contribution >= 0.6 is 0 Å². The zero-order valence-electron chi connectivity index (χ0n) is 17.9. The first-order valence-corrected chi connectivity index (χ1v) is 11.3. The van der Waals surface area contributed by atoms with Crippen molar-refractivity contribution in [3.8, 4) is 0 Å². The number of nitrogens with one attached hydrogen (secondary N) is 2. The number of hydrogen-bond acceptors (Lipinski definition) is 2. The van der Waals surface area contributed by atoms with Gasteiger partial charge in [-0.1, -0.05) is 74.9 Å². The predicted octanol–water partition coefficient (Wildman–Crippen LogP) is 7.77. The van der Waals surface area contributed by atoms with Gasteiger partial charge in [-0.2, -0.15) is 0 Å². The van der Waals surface area contributed by atoms with Gasteiger partial charge in [0.05, 0.1) is 6.04 Å². The Balaban J connectivity index is 1.60. The molecule has 0 saturated heterocycles. The van der Waals surface area contributed by atoms with Gasteiger partial charge in [-0.15, -0.1) is 0 Å². The highest BCUT2D eigenvalue weighted by Gasteiger charge is 2.35. The van der Waals surface area contributed by atoms with E-state index in [4.69, 9.17) is 0 Å². The van der Waals surface area contributed by atoms with E-state index in [1.54, 1.807) is 0 Å². The molecule has 152 valence electrons. The highest BCUT2D eigenvalue weighted by atomic mass is 15.0. The van der Waals surface area contributed by atoms with Gasteiger partial charge in [0.1, 0.15) is 0 Å². The normalized spacial score (nSPS) is 20.7. The van der Waals surface area contributed by atoms with E-state index in [0.29, 0.717) is 18.0 Å². The fourth-order valence-electron chi connectivity index (χ4n) is 5.17. The van der Waals surface area contributed by atoms with Crippen LogP contribution in [0.2, 0.25) is 0 Å². The van der Waals surface area contributed by atoms with E-state index in [-0.39, 0.29) is 0 Å². The maximum atomic E-state index is 3.94. The van der Waals surface area contributed by atoms with Crippen LogP contribution in [0.1, 0.15) is 44.7 Å². The van der Waals surface area contributed by atoms with Gasteiger partial charge < -0.3 is 10.6 Å². The van der Waals surface area contributed by atoms with Crippen LogP contribution in [0.15, 0.2) is 78.9 Å². The summed E-state index contributed by atoms with van der Waals surface area (Å²) in [6, 6.07) is 29.6. The van der Waals surface area contributed by atoms with Crippen molar-refractivity contribution in [1.82, 2.24) is 0 Å². The highest BCUT2D eigenvalue weighted by molar-refractivity contribution is 5.89. The van der Waals surface area contributed by atoms with E-state index >= 15 is 0 Å². The average molecular weight is 395 g/mol. The molecule has 1 aliphatic rings. The zero-order chi connectivity index (χ0) is 20.5. The fourth-order valence-corrected chi connectivity index (χ4v) is 5.17. The van der Waals surface area contributed by atoms with Gasteiger partial charge in [0.15, 0.2) is 0 Å². The average Bonchev–Trinajstić information content (AvgIpc) is 2.78. The topological polar surface area (TPSA) is 24.1 Å². The molecule has 1 aliphatic heterocycles. The summed E-state index contributed by atoms with van der Waals surface area (Å²) in [4.78, 5) is 0. The van der Waals surface area contributed by atoms with E-state index < -0.39 is 0 Å². The van der Waals surface area contributed by atoms with E-state index in [0.717, 1.165) is 6.42 Å². The summed E-state index contributed by atoms with van der Waals surface area (Å²) in [5.74, 6) is 0.546. The Kier molecular flexibility index (Phi) is 5.08. The van der Waals surface area contributed by atoms with Gasteiger partial charge in [-0.05, 0) is 64.2 Å². The molecule has 4 aromatic carbocycles. The van der Waals surface area contributed by atoms with E-state index in [1.807, 2.05) is 0 Å². The largest absolute Gasteiger partial charge is 0.382 e. The third kappa shape index (κ3) is 3.41. The van der Waals surface area contributed by atoms with E-state index in [2.05, 4.69) is 103 Å². The fraction of sp³-hybridized carbons (Fsp3) is 0.286. The number of hydrogen-bond donors (Lipinski definition) is 2. The SMILES string of the molecule is CCC[C@H]1Nc2cc3ccccc3cc2[C@H](Nc2ccc3ccccc3c2)[C@@H]1CC. The van der Waals surface area contributed by atoms with E-state index in [1.165, 1.54) is 51.3 Å². The smallest absolute Gasteiger partial charge is 0.0582 e. The van der Waals surface area contributed by atoms with Crippen molar-refractivity contribution in [2.45, 2.75) is 45.2 Å². The lowest BCUT2D eigenvalue weighted by molar-refractivity contribution is 0.349. The van der Waals surface area contributed by atoms with Crippen LogP contribution in [-0.4, -0.2) is 6.04 Å². The molecule has 1 heterocycles. The summed E-state index contributed by atoms with van der Waals surface area (Å²) < 4.78 is 0. The van der Waals surface area contributed by atoms with Crippen molar-refractivity contribution in [1.29, 1.82) is 0 Å². The molecular weight excluding hydrogens is 364 g/mol. The molecule has 0 unspecified atom stereocenters. The number of fused-ring (bicyclic) bond motifs is 3. The van der Waals surface area contributed by atoms with Crippen LogP contribution < -0.4 is 10.6 Å². The Hall–Kier alpha value is -3.00. The number of benzene rings is 4. The van der Waals surface area contributed by atoms with Gasteiger partial charge in [-0.25, -0.2) is 0 Å². The summed E-state index contributed by atoms with van der Waals surface area (Å²) in [5, 5.41) is 13.0. The second-order valence-electron chi connectivity index (χ2n) is 8.58. The highest BCUT2D eigenvalue weighted by Crippen LogP contribution is 2.43. The van der Waals surface area contributed by atoms with Crippen molar-refractivity contribution in [3.05, 3.63) is 84.4 Å². The van der Waals surface area contributed by atoms with Crippen LogP contribution in [0.25, 0.3) is 21.5 Å². The molecule has 0 aromatic heterocycles. The first kappa shape index (κ1) is 19.0. The lowest BCUT2D eigenvalue weighted by Crippen LogP contribution is -2.40. The first-order valence-electron chi connectivity index (χ1n) is 11.3. The quantitative estimate of drug-likeness (QED) is 0.361. The van der Waals surface area contributed by atoms with Crippen LogP contribution in [-0.2, 0) is 0 Å². The maximum Gasteiger partial charge on any atom is 0.0582 e. The first-order chi connectivity index (χ1) is 14.8. The molecule has 0 saturated carbocycles.